The molecule has 4 aromatic rings. The van der Waals surface area contributed by atoms with Gasteiger partial charge in [-0.05, 0) is 60.3 Å². The van der Waals surface area contributed by atoms with E-state index in [9.17, 15) is 14.4 Å². The van der Waals surface area contributed by atoms with Crippen LogP contribution in [0.4, 0.5) is 0 Å². The summed E-state index contributed by atoms with van der Waals surface area (Å²) >= 11 is 4.88. The van der Waals surface area contributed by atoms with Crippen LogP contribution in [0.15, 0.2) is 74.0 Å². The van der Waals surface area contributed by atoms with Crippen molar-refractivity contribution in [2.45, 2.75) is 45.9 Å². The van der Waals surface area contributed by atoms with Crippen LogP contribution in [0.2, 0.25) is 0 Å². The summed E-state index contributed by atoms with van der Waals surface area (Å²) in [5.41, 5.74) is 0.721. The van der Waals surface area contributed by atoms with Crippen molar-refractivity contribution in [2.24, 2.45) is 0 Å². The van der Waals surface area contributed by atoms with Crippen molar-refractivity contribution in [1.29, 1.82) is 0 Å². The predicted molar refractivity (Wildman–Crippen MR) is 139 cm³/mol. The smallest absolute Gasteiger partial charge is 0.333 e. The molecule has 0 saturated heterocycles. The third-order valence-corrected chi connectivity index (χ3v) is 7.54. The van der Waals surface area contributed by atoms with Gasteiger partial charge >= 0.3 is 11.7 Å². The molecule has 0 bridgehead atoms. The number of esters is 1. The summed E-state index contributed by atoms with van der Waals surface area (Å²) in [5.74, 6) is -0.638. The maximum atomic E-state index is 13.9. The van der Waals surface area contributed by atoms with Gasteiger partial charge in [0.05, 0.1) is 15.2 Å². The highest BCUT2D eigenvalue weighted by Gasteiger charge is 2.27. The van der Waals surface area contributed by atoms with Crippen LogP contribution in [0.5, 0.6) is 0 Å². The van der Waals surface area contributed by atoms with Crippen molar-refractivity contribution in [3.05, 3.63) is 102 Å². The van der Waals surface area contributed by atoms with Crippen LogP contribution < -0.4 is 11.2 Å². The Morgan fingerprint density at radius 1 is 1.00 bits per heavy atom. The first-order valence-electron chi connectivity index (χ1n) is 10.8. The molecule has 0 saturated carbocycles. The second kappa shape index (κ2) is 9.35. The van der Waals surface area contributed by atoms with Gasteiger partial charge in [-0.2, -0.15) is 0 Å². The fourth-order valence-corrected chi connectivity index (χ4v) is 5.67. The molecule has 0 unspecified atom stereocenters. The number of hydrogen-bond acceptors (Lipinski definition) is 5. The van der Waals surface area contributed by atoms with Crippen LogP contribution in [0.25, 0.3) is 10.2 Å². The van der Waals surface area contributed by atoms with E-state index >= 15 is 0 Å². The highest BCUT2D eigenvalue weighted by Crippen LogP contribution is 2.36. The molecule has 2 aromatic heterocycles. The van der Waals surface area contributed by atoms with Crippen LogP contribution in [0, 0.1) is 6.92 Å². The number of fused-ring (bicyclic) bond motifs is 1. The molecule has 2 aromatic carbocycles. The Balaban J connectivity index is 2.05. The van der Waals surface area contributed by atoms with E-state index < -0.39 is 35.4 Å². The van der Waals surface area contributed by atoms with Crippen LogP contribution >= 0.6 is 27.3 Å². The normalized spacial score (nSPS) is 11.8. The summed E-state index contributed by atoms with van der Waals surface area (Å²) in [5, 5.41) is 0.414. The highest BCUT2D eigenvalue weighted by atomic mass is 79.9. The average molecular weight is 541 g/mol. The van der Waals surface area contributed by atoms with Gasteiger partial charge in [0.25, 0.3) is 5.56 Å². The first kappa shape index (κ1) is 24.2. The van der Waals surface area contributed by atoms with Crippen molar-refractivity contribution in [2.75, 3.05) is 0 Å². The second-order valence-corrected chi connectivity index (χ2v) is 11.4. The Morgan fingerprint density at radius 3 is 2.03 bits per heavy atom. The molecule has 0 atom stereocenters. The topological polar surface area (TPSA) is 70.3 Å². The lowest BCUT2D eigenvalue weighted by Crippen LogP contribution is -2.44. The van der Waals surface area contributed by atoms with Gasteiger partial charge in [-0.3, -0.25) is 14.2 Å². The number of carbonyl (C=O) groups is 1. The summed E-state index contributed by atoms with van der Waals surface area (Å²) in [6, 6.07) is 18.8. The molecule has 0 amide bonds. The van der Waals surface area contributed by atoms with Crippen LogP contribution in [0.3, 0.4) is 0 Å². The van der Waals surface area contributed by atoms with Crippen molar-refractivity contribution in [3.8, 4) is 0 Å². The van der Waals surface area contributed by atoms with E-state index in [1.807, 2.05) is 67.6 Å². The van der Waals surface area contributed by atoms with E-state index in [1.165, 1.54) is 11.3 Å². The minimum Gasteiger partial charge on any atom is -0.459 e. The lowest BCUT2D eigenvalue weighted by atomic mass is 9.98. The molecule has 34 heavy (non-hydrogen) atoms. The van der Waals surface area contributed by atoms with Gasteiger partial charge in [0.15, 0.2) is 0 Å². The first-order valence-corrected chi connectivity index (χ1v) is 12.4. The van der Waals surface area contributed by atoms with Crippen molar-refractivity contribution < 1.29 is 9.53 Å². The van der Waals surface area contributed by atoms with Crippen molar-refractivity contribution in [1.82, 2.24) is 9.13 Å². The Labute approximate surface area is 209 Å². The molecular formula is C26H25BrN2O4S. The van der Waals surface area contributed by atoms with Gasteiger partial charge in [-0.1, -0.05) is 60.7 Å². The summed E-state index contributed by atoms with van der Waals surface area (Å²) in [7, 11) is 0. The quantitative estimate of drug-likeness (QED) is 0.323. The van der Waals surface area contributed by atoms with Crippen LogP contribution in [-0.2, 0) is 16.1 Å². The largest absolute Gasteiger partial charge is 0.459 e. The zero-order chi connectivity index (χ0) is 24.6. The van der Waals surface area contributed by atoms with Crippen LogP contribution in [0.1, 0.15) is 43.5 Å². The molecule has 176 valence electrons. The Hall–Kier alpha value is -2.97. The minimum absolute atomic E-state index is 0.414. The molecule has 2 heterocycles. The summed E-state index contributed by atoms with van der Waals surface area (Å²) in [6.45, 7) is 6.60. The first-order chi connectivity index (χ1) is 16.1. The minimum atomic E-state index is -0.734. The SMILES string of the molecule is Cc1c(Br)sc2c1c(=O)n(CC(=O)OC(C)(C)C)c(=O)n2C(c1ccccc1)c1ccccc1. The Morgan fingerprint density at radius 2 is 1.53 bits per heavy atom. The van der Waals surface area contributed by atoms with E-state index in [2.05, 4.69) is 15.9 Å². The lowest BCUT2D eigenvalue weighted by molar-refractivity contribution is -0.155. The molecule has 0 radical (unpaired) electrons. The van der Waals surface area contributed by atoms with Crippen molar-refractivity contribution >= 4 is 43.5 Å². The third-order valence-electron chi connectivity index (χ3n) is 5.38. The number of benzene rings is 2. The number of aromatic nitrogens is 2. The number of ether oxygens (including phenoxy) is 1. The number of halogens is 1. The Bertz CT molecular complexity index is 1430. The maximum Gasteiger partial charge on any atom is 0.333 e. The zero-order valence-electron chi connectivity index (χ0n) is 19.4. The number of nitrogens with zero attached hydrogens (tertiary/aromatic N) is 2. The molecule has 0 aliphatic carbocycles. The molecule has 8 heteroatoms. The van der Waals surface area contributed by atoms with E-state index in [0.29, 0.717) is 10.2 Å². The monoisotopic (exact) mass is 540 g/mol. The molecule has 0 N–H and O–H groups in total. The van der Waals surface area contributed by atoms with E-state index in [-0.39, 0.29) is 0 Å². The summed E-state index contributed by atoms with van der Waals surface area (Å²) < 4.78 is 8.79. The number of hydrogen-bond donors (Lipinski definition) is 0. The van der Waals surface area contributed by atoms with Gasteiger partial charge in [0.2, 0.25) is 0 Å². The summed E-state index contributed by atoms with van der Waals surface area (Å²) in [6.07, 6.45) is 0. The molecule has 0 fully saturated rings. The predicted octanol–water partition coefficient (Wildman–Crippen LogP) is 5.28. The van der Waals surface area contributed by atoms with Gasteiger partial charge in [0.1, 0.15) is 17.0 Å². The molecule has 4 rings (SSSR count). The lowest BCUT2D eigenvalue weighted by Gasteiger charge is -2.24. The zero-order valence-corrected chi connectivity index (χ0v) is 21.8. The van der Waals surface area contributed by atoms with E-state index in [1.54, 1.807) is 25.3 Å². The summed E-state index contributed by atoms with van der Waals surface area (Å²) in [4.78, 5) is 40.6. The fourth-order valence-electron chi connectivity index (χ4n) is 3.96. The van der Waals surface area contributed by atoms with Gasteiger partial charge in [-0.25, -0.2) is 9.36 Å². The van der Waals surface area contributed by atoms with Crippen LogP contribution in [-0.4, -0.2) is 20.7 Å². The molecule has 0 aliphatic rings. The second-order valence-electron chi connectivity index (χ2n) is 9.04. The highest BCUT2D eigenvalue weighted by molar-refractivity contribution is 9.11. The van der Waals surface area contributed by atoms with E-state index in [4.69, 9.17) is 4.74 Å². The number of thiophene rings is 1. The van der Waals surface area contributed by atoms with Crippen molar-refractivity contribution in [3.63, 3.8) is 0 Å². The number of rotatable bonds is 5. The standard InChI is InChI=1S/C26H25BrN2O4S/c1-16-20-23(31)28(15-19(30)33-26(2,3)4)25(32)29(24(20)34-22(16)27)21(17-11-7-5-8-12-17)18-13-9-6-10-14-18/h5-14,21H,15H2,1-4H3. The average Bonchev–Trinajstić information content (AvgIpc) is 3.08. The third kappa shape index (κ3) is 4.65. The fraction of sp³-hybridized carbons (Fsp3) is 0.269. The Kier molecular flexibility index (Phi) is 6.64. The number of carbonyl (C=O) groups excluding carboxylic acids is 1. The molecule has 0 spiro atoms. The number of aryl methyl sites for hydroxylation is 1. The van der Waals surface area contributed by atoms with E-state index in [0.717, 1.165) is 25.0 Å². The maximum absolute atomic E-state index is 13.9. The molecule has 0 aliphatic heterocycles. The molecule has 6 nitrogen and oxygen atoms in total. The molecular weight excluding hydrogens is 516 g/mol. The van der Waals surface area contributed by atoms with Gasteiger partial charge in [0, 0.05) is 0 Å². The van der Waals surface area contributed by atoms with Gasteiger partial charge < -0.3 is 4.74 Å². The van der Waals surface area contributed by atoms with Gasteiger partial charge in [-0.15, -0.1) is 11.3 Å².